The van der Waals surface area contributed by atoms with Crippen LogP contribution in [0.25, 0.3) is 23.0 Å². The van der Waals surface area contributed by atoms with Crippen molar-refractivity contribution >= 4 is 44.9 Å². The van der Waals surface area contributed by atoms with Crippen LogP contribution in [0.15, 0.2) is 99.9 Å². The summed E-state index contributed by atoms with van der Waals surface area (Å²) in [5.74, 6) is 1.36. The molecule has 1 amide bonds. The fourth-order valence-electron chi connectivity index (χ4n) is 3.56. The van der Waals surface area contributed by atoms with E-state index in [9.17, 15) is 4.79 Å². The molecule has 0 fully saturated rings. The molecule has 5 rings (SSSR count). The number of amides is 1. The Morgan fingerprint density at radius 2 is 1.52 bits per heavy atom. The highest BCUT2D eigenvalue weighted by molar-refractivity contribution is 9.10. The van der Waals surface area contributed by atoms with Crippen molar-refractivity contribution in [3.8, 4) is 11.3 Å². The average Bonchev–Trinajstić information content (AvgIpc) is 3.33. The number of hydrogen-bond donors (Lipinski definition) is 0. The van der Waals surface area contributed by atoms with Crippen molar-refractivity contribution in [3.05, 3.63) is 107 Å². The molecule has 0 unspecified atom stereocenters. The van der Waals surface area contributed by atoms with E-state index in [0.717, 1.165) is 32.7 Å². The summed E-state index contributed by atoms with van der Waals surface area (Å²) < 4.78 is 7.03. The van der Waals surface area contributed by atoms with Crippen molar-refractivity contribution in [2.75, 3.05) is 4.90 Å². The Hall–Kier alpha value is -3.37. The Bertz CT molecular complexity index is 1220. The molecule has 0 saturated heterocycles. The molecule has 4 heteroatoms. The minimum atomic E-state index is -0.0565. The number of carbonyl (C=O) groups is 1. The average molecular weight is 442 g/mol. The van der Waals surface area contributed by atoms with Crippen LogP contribution in [0.2, 0.25) is 0 Å². The molecule has 0 N–H and O–H groups in total. The van der Waals surface area contributed by atoms with Crippen LogP contribution in [0.4, 0.5) is 11.4 Å². The Kier molecular flexibility index (Phi) is 4.41. The number of carbonyl (C=O) groups excluding carboxylic acids is 1. The van der Waals surface area contributed by atoms with Gasteiger partial charge in [-0.1, -0.05) is 64.5 Å². The third-order valence-electron chi connectivity index (χ3n) is 4.93. The summed E-state index contributed by atoms with van der Waals surface area (Å²) in [7, 11) is 0. The molecule has 1 aliphatic rings. The van der Waals surface area contributed by atoms with Crippen LogP contribution in [-0.2, 0) is 4.79 Å². The molecule has 3 nitrogen and oxygen atoms in total. The lowest BCUT2D eigenvalue weighted by Crippen LogP contribution is -2.20. The molecule has 0 bridgehead atoms. The molecule has 140 valence electrons. The topological polar surface area (TPSA) is 33.5 Å². The second-order valence-corrected chi connectivity index (χ2v) is 7.68. The van der Waals surface area contributed by atoms with E-state index in [2.05, 4.69) is 15.9 Å². The van der Waals surface area contributed by atoms with Crippen LogP contribution in [-0.4, -0.2) is 5.91 Å². The van der Waals surface area contributed by atoms with Crippen molar-refractivity contribution in [3.63, 3.8) is 0 Å². The van der Waals surface area contributed by atoms with Crippen molar-refractivity contribution < 1.29 is 9.21 Å². The summed E-state index contributed by atoms with van der Waals surface area (Å²) in [6.45, 7) is 0. The van der Waals surface area contributed by atoms with Gasteiger partial charge in [-0.05, 0) is 48.5 Å². The Balaban J connectivity index is 1.55. The summed E-state index contributed by atoms with van der Waals surface area (Å²) in [6.07, 6.45) is 1.83. The lowest BCUT2D eigenvalue weighted by molar-refractivity contribution is -0.112. The van der Waals surface area contributed by atoms with E-state index in [1.165, 1.54) is 0 Å². The fourth-order valence-corrected chi connectivity index (χ4v) is 3.82. The number of benzene rings is 3. The van der Waals surface area contributed by atoms with Crippen molar-refractivity contribution in [2.45, 2.75) is 0 Å². The van der Waals surface area contributed by atoms with Crippen LogP contribution in [0.3, 0.4) is 0 Å². The van der Waals surface area contributed by atoms with Crippen LogP contribution < -0.4 is 4.90 Å². The summed E-state index contributed by atoms with van der Waals surface area (Å²) in [5, 5.41) is 0. The van der Waals surface area contributed by atoms with E-state index in [0.29, 0.717) is 11.3 Å². The maximum absolute atomic E-state index is 13.3. The Morgan fingerprint density at radius 1 is 0.793 bits per heavy atom. The van der Waals surface area contributed by atoms with Gasteiger partial charge in [0.25, 0.3) is 5.91 Å². The normalized spacial score (nSPS) is 14.4. The molecule has 0 saturated carbocycles. The Morgan fingerprint density at radius 3 is 2.31 bits per heavy atom. The predicted molar refractivity (Wildman–Crippen MR) is 120 cm³/mol. The number of furan rings is 1. The first-order chi connectivity index (χ1) is 14.2. The zero-order valence-corrected chi connectivity index (χ0v) is 17.0. The molecular formula is C25H16BrNO2. The van der Waals surface area contributed by atoms with Gasteiger partial charge in [0.2, 0.25) is 0 Å². The highest BCUT2D eigenvalue weighted by Crippen LogP contribution is 2.42. The summed E-state index contributed by atoms with van der Waals surface area (Å²) in [5.41, 5.74) is 4.25. The third-order valence-corrected chi connectivity index (χ3v) is 5.45. The van der Waals surface area contributed by atoms with Gasteiger partial charge in [-0.3, -0.25) is 9.69 Å². The number of nitrogens with zero attached hydrogens (tertiary/aromatic N) is 1. The van der Waals surface area contributed by atoms with Gasteiger partial charge in [0.1, 0.15) is 11.5 Å². The lowest BCUT2D eigenvalue weighted by Gasteiger charge is -2.16. The fraction of sp³-hybridized carbons (Fsp3) is 0. The van der Waals surface area contributed by atoms with Gasteiger partial charge in [-0.2, -0.15) is 0 Å². The highest BCUT2D eigenvalue weighted by atomic mass is 79.9. The Labute approximate surface area is 177 Å². The van der Waals surface area contributed by atoms with Crippen molar-refractivity contribution in [1.29, 1.82) is 0 Å². The SMILES string of the molecule is O=C1/C(=C/c2ccc(-c3ccc(Br)cc3)o2)c2ccccc2N1c1ccccc1. The molecule has 1 aliphatic heterocycles. The molecular weight excluding hydrogens is 426 g/mol. The number of halogens is 1. The van der Waals surface area contributed by atoms with Crippen molar-refractivity contribution in [2.24, 2.45) is 0 Å². The van der Waals surface area contributed by atoms with Crippen molar-refractivity contribution in [1.82, 2.24) is 0 Å². The zero-order chi connectivity index (χ0) is 19.8. The minimum Gasteiger partial charge on any atom is -0.457 e. The monoisotopic (exact) mass is 441 g/mol. The molecule has 29 heavy (non-hydrogen) atoms. The van der Waals surface area contributed by atoms with E-state index in [1.807, 2.05) is 97.1 Å². The summed E-state index contributed by atoms with van der Waals surface area (Å²) in [6, 6.07) is 29.3. The van der Waals surface area contributed by atoms with Gasteiger partial charge in [0, 0.05) is 21.3 Å². The van der Waals surface area contributed by atoms with Gasteiger partial charge in [0.05, 0.1) is 11.3 Å². The standard InChI is InChI=1S/C25H16BrNO2/c26-18-12-10-17(11-13-18)24-15-14-20(29-24)16-22-21-8-4-5-9-23(21)27(25(22)28)19-6-2-1-3-7-19/h1-16H/b22-16+. The number of hydrogen-bond acceptors (Lipinski definition) is 2. The van der Waals surface area contributed by atoms with E-state index >= 15 is 0 Å². The predicted octanol–water partition coefficient (Wildman–Crippen LogP) is 6.93. The number of rotatable bonds is 3. The largest absolute Gasteiger partial charge is 0.457 e. The highest BCUT2D eigenvalue weighted by Gasteiger charge is 2.33. The van der Waals surface area contributed by atoms with Gasteiger partial charge in [-0.15, -0.1) is 0 Å². The van der Waals surface area contributed by atoms with E-state index in [-0.39, 0.29) is 5.91 Å². The minimum absolute atomic E-state index is 0.0565. The molecule has 0 spiro atoms. The first kappa shape index (κ1) is 17.7. The zero-order valence-electron chi connectivity index (χ0n) is 15.4. The maximum Gasteiger partial charge on any atom is 0.263 e. The smallest absolute Gasteiger partial charge is 0.263 e. The van der Waals surface area contributed by atoms with E-state index in [4.69, 9.17) is 4.42 Å². The molecule has 4 aromatic rings. The van der Waals surface area contributed by atoms with Gasteiger partial charge < -0.3 is 4.42 Å². The molecule has 0 aliphatic carbocycles. The molecule has 1 aromatic heterocycles. The lowest BCUT2D eigenvalue weighted by atomic mass is 10.1. The van der Waals surface area contributed by atoms with Crippen LogP contribution in [0, 0.1) is 0 Å². The number of anilines is 2. The van der Waals surface area contributed by atoms with E-state index in [1.54, 1.807) is 4.90 Å². The third kappa shape index (κ3) is 3.22. The number of fused-ring (bicyclic) bond motifs is 1. The molecule has 3 aromatic carbocycles. The maximum atomic E-state index is 13.3. The summed E-state index contributed by atoms with van der Waals surface area (Å²) in [4.78, 5) is 15.0. The number of para-hydroxylation sites is 2. The van der Waals surface area contributed by atoms with Crippen LogP contribution in [0.1, 0.15) is 11.3 Å². The second kappa shape index (κ2) is 7.22. The van der Waals surface area contributed by atoms with Crippen LogP contribution in [0.5, 0.6) is 0 Å². The molecule has 0 atom stereocenters. The summed E-state index contributed by atoms with van der Waals surface area (Å²) >= 11 is 3.45. The van der Waals surface area contributed by atoms with Crippen LogP contribution >= 0.6 is 15.9 Å². The van der Waals surface area contributed by atoms with Gasteiger partial charge in [0.15, 0.2) is 0 Å². The molecule has 2 heterocycles. The second-order valence-electron chi connectivity index (χ2n) is 6.76. The first-order valence-electron chi connectivity index (χ1n) is 9.27. The van der Waals surface area contributed by atoms with Gasteiger partial charge >= 0.3 is 0 Å². The molecule has 0 radical (unpaired) electrons. The first-order valence-corrected chi connectivity index (χ1v) is 10.1. The van der Waals surface area contributed by atoms with E-state index < -0.39 is 0 Å². The van der Waals surface area contributed by atoms with Gasteiger partial charge in [-0.25, -0.2) is 0 Å². The quantitative estimate of drug-likeness (QED) is 0.323.